The number of hydrogen-bond donors (Lipinski definition) is 1. The van der Waals surface area contributed by atoms with E-state index in [9.17, 15) is 5.11 Å². The van der Waals surface area contributed by atoms with Crippen molar-refractivity contribution in [2.45, 2.75) is 19.6 Å². The van der Waals surface area contributed by atoms with Gasteiger partial charge in [0.2, 0.25) is 0 Å². The second kappa shape index (κ2) is 4.09. The van der Waals surface area contributed by atoms with E-state index < -0.39 is 0 Å². The molecule has 0 radical (unpaired) electrons. The Morgan fingerprint density at radius 1 is 1.50 bits per heavy atom. The summed E-state index contributed by atoms with van der Waals surface area (Å²) in [6, 6.07) is 8.22. The van der Waals surface area contributed by atoms with Crippen molar-refractivity contribution in [3.05, 3.63) is 35.4 Å². The number of benzene rings is 1. The fourth-order valence-electron chi connectivity index (χ4n) is 1.62. The highest BCUT2D eigenvalue weighted by atomic mass is 16.7. The van der Waals surface area contributed by atoms with Gasteiger partial charge in [-0.1, -0.05) is 24.3 Å². The Bertz CT molecular complexity index is 314. The van der Waals surface area contributed by atoms with E-state index in [0.29, 0.717) is 13.2 Å². The first-order valence-corrected chi connectivity index (χ1v) is 4.86. The molecule has 1 aromatic rings. The van der Waals surface area contributed by atoms with Crippen molar-refractivity contribution in [2.75, 3.05) is 13.2 Å². The van der Waals surface area contributed by atoms with Crippen LogP contribution < -0.4 is 0 Å². The lowest BCUT2D eigenvalue weighted by molar-refractivity contribution is -0.118. The molecule has 0 bridgehead atoms. The highest BCUT2D eigenvalue weighted by Crippen LogP contribution is 2.14. The average Bonchev–Trinajstić information content (AvgIpc) is 2.56. The Morgan fingerprint density at radius 3 is 2.93 bits per heavy atom. The molecular weight excluding hydrogens is 178 g/mol. The summed E-state index contributed by atoms with van der Waals surface area (Å²) < 4.78 is 0. The molecule has 1 heterocycles. The summed E-state index contributed by atoms with van der Waals surface area (Å²) in [5.41, 5.74) is 2.51. The van der Waals surface area contributed by atoms with Crippen LogP contribution in [-0.4, -0.2) is 29.4 Å². The highest BCUT2D eigenvalue weighted by molar-refractivity contribution is 5.25. The number of rotatable bonds is 2. The number of aryl methyl sites for hydroxylation is 1. The molecule has 0 saturated carbocycles. The van der Waals surface area contributed by atoms with Crippen LogP contribution >= 0.6 is 0 Å². The maximum Gasteiger partial charge on any atom is 0.0958 e. The van der Waals surface area contributed by atoms with Crippen LogP contribution in [0.5, 0.6) is 0 Å². The minimum absolute atomic E-state index is 0.334. The Kier molecular flexibility index (Phi) is 2.82. The fraction of sp³-hybridized carbons (Fsp3) is 0.455. The second-order valence-corrected chi connectivity index (χ2v) is 3.70. The highest BCUT2D eigenvalue weighted by Gasteiger charge is 2.21. The summed E-state index contributed by atoms with van der Waals surface area (Å²) in [5.74, 6) is 0. The van der Waals surface area contributed by atoms with Gasteiger partial charge in [-0.2, -0.15) is 5.06 Å². The molecule has 1 aliphatic rings. The molecule has 2 rings (SSSR count). The molecule has 76 valence electrons. The van der Waals surface area contributed by atoms with E-state index in [4.69, 9.17) is 4.84 Å². The summed E-state index contributed by atoms with van der Waals surface area (Å²) >= 11 is 0. The predicted octanol–water partition coefficient (Wildman–Crippen LogP) is 1.10. The molecule has 1 N–H and O–H groups in total. The first-order chi connectivity index (χ1) is 6.75. The van der Waals surface area contributed by atoms with E-state index in [1.165, 1.54) is 11.1 Å². The minimum atomic E-state index is -0.334. The maximum absolute atomic E-state index is 9.28. The quantitative estimate of drug-likeness (QED) is 0.763. The van der Waals surface area contributed by atoms with Crippen LogP contribution in [-0.2, 0) is 11.4 Å². The van der Waals surface area contributed by atoms with Gasteiger partial charge in [0.15, 0.2) is 0 Å². The topological polar surface area (TPSA) is 32.7 Å². The Balaban J connectivity index is 2.01. The molecule has 1 atom stereocenters. The van der Waals surface area contributed by atoms with Gasteiger partial charge in [-0.05, 0) is 18.1 Å². The largest absolute Gasteiger partial charge is 0.389 e. The summed E-state index contributed by atoms with van der Waals surface area (Å²) in [7, 11) is 0. The summed E-state index contributed by atoms with van der Waals surface area (Å²) in [6.45, 7) is 3.87. The average molecular weight is 193 g/mol. The smallest absolute Gasteiger partial charge is 0.0958 e. The van der Waals surface area contributed by atoms with Crippen molar-refractivity contribution < 1.29 is 9.94 Å². The van der Waals surface area contributed by atoms with Crippen LogP contribution in [0.3, 0.4) is 0 Å². The Hall–Kier alpha value is -0.900. The third-order valence-corrected chi connectivity index (χ3v) is 2.47. The zero-order valence-corrected chi connectivity index (χ0v) is 8.31. The number of aliphatic hydroxyl groups excluding tert-OH is 1. The Morgan fingerprint density at radius 2 is 2.29 bits per heavy atom. The molecule has 0 amide bonds. The van der Waals surface area contributed by atoms with Gasteiger partial charge in [0, 0.05) is 6.54 Å². The summed E-state index contributed by atoms with van der Waals surface area (Å²) in [6.07, 6.45) is -0.334. The molecular formula is C11H15NO2. The normalized spacial score (nSPS) is 22.9. The monoisotopic (exact) mass is 193 g/mol. The molecule has 3 nitrogen and oxygen atoms in total. The van der Waals surface area contributed by atoms with Gasteiger partial charge in [0.05, 0.1) is 19.3 Å². The lowest BCUT2D eigenvalue weighted by Crippen LogP contribution is -2.20. The first-order valence-electron chi connectivity index (χ1n) is 4.86. The van der Waals surface area contributed by atoms with Crippen molar-refractivity contribution in [3.63, 3.8) is 0 Å². The van der Waals surface area contributed by atoms with Crippen LogP contribution in [0, 0.1) is 6.92 Å². The van der Waals surface area contributed by atoms with Gasteiger partial charge in [0.25, 0.3) is 0 Å². The van der Waals surface area contributed by atoms with E-state index in [1.807, 2.05) is 17.2 Å². The SMILES string of the molecule is Cc1ccccc1CN1C[C@H](O)CO1. The molecule has 0 unspecified atom stereocenters. The number of hydroxylamine groups is 2. The van der Waals surface area contributed by atoms with Gasteiger partial charge in [0.1, 0.15) is 0 Å². The lowest BCUT2D eigenvalue weighted by atomic mass is 10.1. The molecule has 3 heteroatoms. The van der Waals surface area contributed by atoms with Gasteiger partial charge < -0.3 is 5.11 Å². The van der Waals surface area contributed by atoms with Crippen LogP contribution in [0.15, 0.2) is 24.3 Å². The summed E-state index contributed by atoms with van der Waals surface area (Å²) in [4.78, 5) is 5.31. The molecule has 0 aliphatic carbocycles. The maximum atomic E-state index is 9.28. The van der Waals surface area contributed by atoms with Crippen LogP contribution in [0.1, 0.15) is 11.1 Å². The molecule has 1 saturated heterocycles. The third-order valence-electron chi connectivity index (χ3n) is 2.47. The van der Waals surface area contributed by atoms with E-state index in [2.05, 4.69) is 19.1 Å². The van der Waals surface area contributed by atoms with Crippen molar-refractivity contribution in [3.8, 4) is 0 Å². The standard InChI is InChI=1S/C11H15NO2/c1-9-4-2-3-5-10(9)6-12-7-11(13)8-14-12/h2-5,11,13H,6-8H2,1H3/t11-/m0/s1. The van der Waals surface area contributed by atoms with Crippen molar-refractivity contribution >= 4 is 0 Å². The van der Waals surface area contributed by atoms with Crippen molar-refractivity contribution in [2.24, 2.45) is 0 Å². The van der Waals surface area contributed by atoms with Crippen molar-refractivity contribution in [1.82, 2.24) is 5.06 Å². The number of β-amino-alcohol motifs (C(OH)–C–C–N with tert-alkyl or cyclic N) is 1. The van der Waals surface area contributed by atoms with E-state index in [-0.39, 0.29) is 6.10 Å². The summed E-state index contributed by atoms with van der Waals surface area (Å²) in [5, 5.41) is 11.1. The third kappa shape index (κ3) is 2.12. The second-order valence-electron chi connectivity index (χ2n) is 3.70. The zero-order valence-electron chi connectivity index (χ0n) is 8.31. The molecule has 1 aliphatic heterocycles. The van der Waals surface area contributed by atoms with E-state index in [1.54, 1.807) is 0 Å². The zero-order chi connectivity index (χ0) is 9.97. The van der Waals surface area contributed by atoms with E-state index in [0.717, 1.165) is 6.54 Å². The fourth-order valence-corrected chi connectivity index (χ4v) is 1.62. The molecule has 1 fully saturated rings. The Labute approximate surface area is 83.9 Å². The number of aliphatic hydroxyl groups is 1. The first kappa shape index (κ1) is 9.65. The van der Waals surface area contributed by atoms with Crippen LogP contribution in [0.25, 0.3) is 0 Å². The molecule has 1 aromatic carbocycles. The van der Waals surface area contributed by atoms with Crippen molar-refractivity contribution in [1.29, 1.82) is 0 Å². The predicted molar refractivity (Wildman–Crippen MR) is 53.5 cm³/mol. The van der Waals surface area contributed by atoms with Crippen LogP contribution in [0.4, 0.5) is 0 Å². The van der Waals surface area contributed by atoms with Crippen LogP contribution in [0.2, 0.25) is 0 Å². The molecule has 14 heavy (non-hydrogen) atoms. The van der Waals surface area contributed by atoms with Gasteiger partial charge in [-0.25, -0.2) is 0 Å². The van der Waals surface area contributed by atoms with E-state index >= 15 is 0 Å². The van der Waals surface area contributed by atoms with Gasteiger partial charge in [-0.3, -0.25) is 4.84 Å². The molecule has 0 aromatic heterocycles. The number of nitrogens with zero attached hydrogens (tertiary/aromatic N) is 1. The minimum Gasteiger partial charge on any atom is -0.389 e. The lowest BCUT2D eigenvalue weighted by Gasteiger charge is -2.14. The van der Waals surface area contributed by atoms with Gasteiger partial charge in [-0.15, -0.1) is 0 Å². The molecule has 0 spiro atoms. The van der Waals surface area contributed by atoms with Gasteiger partial charge >= 0.3 is 0 Å². The number of hydrogen-bond acceptors (Lipinski definition) is 3.